The van der Waals surface area contributed by atoms with Crippen molar-refractivity contribution in [3.63, 3.8) is 0 Å². The first-order valence-corrected chi connectivity index (χ1v) is 7.42. The van der Waals surface area contributed by atoms with E-state index in [0.29, 0.717) is 12.3 Å². The normalized spacial score (nSPS) is 14.0. The summed E-state index contributed by atoms with van der Waals surface area (Å²) >= 11 is 0. The van der Waals surface area contributed by atoms with Gasteiger partial charge in [-0.3, -0.25) is 4.98 Å². The van der Waals surface area contributed by atoms with Crippen LogP contribution in [0, 0.1) is 0 Å². The number of halogens is 3. The summed E-state index contributed by atoms with van der Waals surface area (Å²) in [5, 5.41) is 9.21. The smallest absolute Gasteiger partial charge is 0.433 e. The van der Waals surface area contributed by atoms with Gasteiger partial charge in [-0.15, -0.1) is 0 Å². The van der Waals surface area contributed by atoms with Crippen LogP contribution in [0.2, 0.25) is 0 Å². The Kier molecular flexibility index (Phi) is 4.54. The van der Waals surface area contributed by atoms with Crippen LogP contribution in [0.15, 0.2) is 46.0 Å². The average Bonchev–Trinajstić information content (AvgIpc) is 2.98. The fourth-order valence-corrected chi connectivity index (χ4v) is 2.78. The molecule has 0 aliphatic heterocycles. The molecular weight excluding hydrogens is 325 g/mol. The first kappa shape index (κ1) is 16.5. The van der Waals surface area contributed by atoms with Crippen LogP contribution in [0.25, 0.3) is 0 Å². The summed E-state index contributed by atoms with van der Waals surface area (Å²) in [7, 11) is -4.16. The number of rotatable bonds is 5. The summed E-state index contributed by atoms with van der Waals surface area (Å²) in [6, 6.07) is 3.26. The van der Waals surface area contributed by atoms with Gasteiger partial charge in [0, 0.05) is 6.20 Å². The Morgan fingerprint density at radius 1 is 1.32 bits per heavy atom. The fraction of sp³-hybridized carbons (Fsp3) is 0.250. The van der Waals surface area contributed by atoms with Crippen molar-refractivity contribution in [1.29, 1.82) is 0 Å². The summed E-state index contributed by atoms with van der Waals surface area (Å²) in [6.45, 7) is -0.583. The van der Waals surface area contributed by atoms with Crippen molar-refractivity contribution in [3.8, 4) is 0 Å². The number of nitrogens with zero attached hydrogens (tertiary/aromatic N) is 1. The van der Waals surface area contributed by atoms with Crippen LogP contribution in [0.4, 0.5) is 13.2 Å². The molecular formula is C12H11F3N2O4S. The van der Waals surface area contributed by atoms with Crippen molar-refractivity contribution in [2.45, 2.75) is 17.1 Å². The number of sulfonamides is 1. The average molecular weight is 336 g/mol. The maximum atomic E-state index is 12.4. The van der Waals surface area contributed by atoms with E-state index in [1.807, 2.05) is 0 Å². The fourth-order valence-electron chi connectivity index (χ4n) is 1.64. The quantitative estimate of drug-likeness (QED) is 0.867. The molecule has 22 heavy (non-hydrogen) atoms. The lowest BCUT2D eigenvalue weighted by Gasteiger charge is -2.14. The number of nitrogens with one attached hydrogen (secondary N) is 1. The van der Waals surface area contributed by atoms with Crippen LogP contribution < -0.4 is 4.72 Å². The SMILES string of the molecule is O=S(=O)(N[C@H](CO)c1ccco1)c1ccc(C(F)(F)F)nc1. The minimum absolute atomic E-state index is 0.172. The lowest BCUT2D eigenvalue weighted by atomic mass is 10.2. The van der Waals surface area contributed by atoms with Crippen molar-refractivity contribution < 1.29 is 31.1 Å². The Morgan fingerprint density at radius 2 is 2.05 bits per heavy atom. The predicted molar refractivity (Wildman–Crippen MR) is 68.1 cm³/mol. The molecule has 2 heterocycles. The van der Waals surface area contributed by atoms with Crippen molar-refractivity contribution in [2.75, 3.05) is 6.61 Å². The maximum absolute atomic E-state index is 12.4. The van der Waals surface area contributed by atoms with E-state index < -0.39 is 39.4 Å². The van der Waals surface area contributed by atoms with Crippen LogP contribution in [0.3, 0.4) is 0 Å². The molecule has 2 aromatic heterocycles. The molecule has 120 valence electrons. The Balaban J connectivity index is 2.23. The number of alkyl halides is 3. The zero-order valence-electron chi connectivity index (χ0n) is 10.9. The molecule has 0 aliphatic rings. The van der Waals surface area contributed by atoms with E-state index in [0.717, 1.165) is 6.07 Å². The van der Waals surface area contributed by atoms with Crippen LogP contribution in [-0.2, 0) is 16.2 Å². The molecule has 0 unspecified atom stereocenters. The summed E-state index contributed by atoms with van der Waals surface area (Å²) in [5.41, 5.74) is -1.20. The highest BCUT2D eigenvalue weighted by Gasteiger charge is 2.33. The molecule has 2 N–H and O–H groups in total. The van der Waals surface area contributed by atoms with Gasteiger partial charge in [0.05, 0.1) is 12.9 Å². The monoisotopic (exact) mass is 336 g/mol. The second-order valence-corrected chi connectivity index (χ2v) is 5.96. The lowest BCUT2D eigenvalue weighted by Crippen LogP contribution is -2.30. The van der Waals surface area contributed by atoms with Gasteiger partial charge in [-0.2, -0.15) is 17.9 Å². The van der Waals surface area contributed by atoms with Crippen LogP contribution in [0.1, 0.15) is 17.5 Å². The molecule has 0 fully saturated rings. The van der Waals surface area contributed by atoms with Crippen LogP contribution in [0.5, 0.6) is 0 Å². The lowest BCUT2D eigenvalue weighted by molar-refractivity contribution is -0.141. The number of aliphatic hydroxyl groups is 1. The highest BCUT2D eigenvalue weighted by molar-refractivity contribution is 7.89. The van der Waals surface area contributed by atoms with Gasteiger partial charge in [-0.05, 0) is 24.3 Å². The predicted octanol–water partition coefficient (Wildman–Crippen LogP) is 1.71. The van der Waals surface area contributed by atoms with E-state index in [2.05, 4.69) is 9.71 Å². The summed E-state index contributed by atoms with van der Waals surface area (Å²) in [5.74, 6) is 0.172. The molecule has 6 nitrogen and oxygen atoms in total. The van der Waals surface area contributed by atoms with Gasteiger partial charge in [0.2, 0.25) is 10.0 Å². The maximum Gasteiger partial charge on any atom is 0.433 e. The molecule has 0 radical (unpaired) electrons. The van der Waals surface area contributed by atoms with E-state index in [9.17, 15) is 26.7 Å². The zero-order valence-corrected chi connectivity index (χ0v) is 11.7. The number of hydrogen-bond donors (Lipinski definition) is 2. The highest BCUT2D eigenvalue weighted by atomic mass is 32.2. The van der Waals surface area contributed by atoms with Crippen molar-refractivity contribution in [2.24, 2.45) is 0 Å². The molecule has 0 spiro atoms. The van der Waals surface area contributed by atoms with Crippen LogP contribution >= 0.6 is 0 Å². The molecule has 2 rings (SSSR count). The van der Waals surface area contributed by atoms with Gasteiger partial charge in [0.25, 0.3) is 0 Å². The van der Waals surface area contributed by atoms with Gasteiger partial charge in [0.1, 0.15) is 22.4 Å². The third-order valence-electron chi connectivity index (χ3n) is 2.70. The Labute approximate surface area is 123 Å². The Bertz CT molecular complexity index is 712. The Hall–Kier alpha value is -1.91. The molecule has 0 bridgehead atoms. The molecule has 1 atom stereocenters. The van der Waals surface area contributed by atoms with E-state index >= 15 is 0 Å². The molecule has 0 aromatic carbocycles. The topological polar surface area (TPSA) is 92.4 Å². The number of hydrogen-bond acceptors (Lipinski definition) is 5. The number of furan rings is 1. The highest BCUT2D eigenvalue weighted by Crippen LogP contribution is 2.28. The van der Waals surface area contributed by atoms with Gasteiger partial charge < -0.3 is 9.52 Å². The minimum atomic E-state index is -4.66. The van der Waals surface area contributed by atoms with E-state index in [4.69, 9.17) is 4.42 Å². The molecule has 0 aliphatic carbocycles. The van der Waals surface area contributed by atoms with Gasteiger partial charge in [-0.25, -0.2) is 8.42 Å². The zero-order chi connectivity index (χ0) is 16.4. The molecule has 10 heteroatoms. The number of aliphatic hydroxyl groups excluding tert-OH is 1. The second kappa shape index (κ2) is 6.07. The molecule has 2 aromatic rings. The largest absolute Gasteiger partial charge is 0.468 e. The Morgan fingerprint density at radius 3 is 2.50 bits per heavy atom. The van der Waals surface area contributed by atoms with Crippen molar-refractivity contribution in [1.82, 2.24) is 9.71 Å². The molecule has 0 saturated carbocycles. The van der Waals surface area contributed by atoms with E-state index in [1.54, 1.807) is 0 Å². The molecule has 0 amide bonds. The third-order valence-corrected chi connectivity index (χ3v) is 4.16. The summed E-state index contributed by atoms with van der Waals surface area (Å²) in [6.07, 6.45) is -2.76. The molecule has 0 saturated heterocycles. The second-order valence-electron chi connectivity index (χ2n) is 4.25. The first-order chi connectivity index (χ1) is 10.2. The van der Waals surface area contributed by atoms with E-state index in [-0.39, 0.29) is 5.76 Å². The number of aromatic nitrogens is 1. The van der Waals surface area contributed by atoms with Gasteiger partial charge in [-0.1, -0.05) is 0 Å². The van der Waals surface area contributed by atoms with Crippen molar-refractivity contribution in [3.05, 3.63) is 48.2 Å². The summed E-state index contributed by atoms with van der Waals surface area (Å²) < 4.78 is 68.4. The summed E-state index contributed by atoms with van der Waals surface area (Å²) in [4.78, 5) is 2.63. The third kappa shape index (κ3) is 3.64. The van der Waals surface area contributed by atoms with Crippen molar-refractivity contribution >= 4 is 10.0 Å². The van der Waals surface area contributed by atoms with Crippen LogP contribution in [-0.4, -0.2) is 25.1 Å². The standard InChI is InChI=1S/C12H11F3N2O4S/c13-12(14,15)11-4-3-8(6-16-11)22(19,20)17-9(7-18)10-2-1-5-21-10/h1-6,9,17-18H,7H2/t9-/m1/s1. The van der Waals surface area contributed by atoms with Gasteiger partial charge >= 0.3 is 6.18 Å². The van der Waals surface area contributed by atoms with Gasteiger partial charge in [0.15, 0.2) is 0 Å². The number of pyridine rings is 1. The minimum Gasteiger partial charge on any atom is -0.468 e. The van der Waals surface area contributed by atoms with E-state index in [1.165, 1.54) is 18.4 Å². The first-order valence-electron chi connectivity index (χ1n) is 5.94.